The van der Waals surface area contributed by atoms with E-state index in [0.717, 1.165) is 43.6 Å². The van der Waals surface area contributed by atoms with E-state index >= 15 is 0 Å². The van der Waals surface area contributed by atoms with E-state index in [4.69, 9.17) is 0 Å². The van der Waals surface area contributed by atoms with E-state index in [9.17, 15) is 19.5 Å². The first-order valence-electron chi connectivity index (χ1n) is 9.94. The van der Waals surface area contributed by atoms with Crippen molar-refractivity contribution >= 4 is 28.5 Å². The lowest BCUT2D eigenvalue weighted by Crippen LogP contribution is -2.48. The topological polar surface area (TPSA) is 82.8 Å². The van der Waals surface area contributed by atoms with Crippen molar-refractivity contribution in [2.45, 2.75) is 38.6 Å². The molecule has 1 N–H and O–H groups in total. The number of piperazine rings is 1. The molecule has 0 bridgehead atoms. The lowest BCUT2D eigenvalue weighted by atomic mass is 10.1. The smallest absolute Gasteiger partial charge is 0.341 e. The van der Waals surface area contributed by atoms with Gasteiger partial charge in [-0.25, -0.2) is 4.79 Å². The third kappa shape index (κ3) is 3.37. The molecule has 0 atom stereocenters. The minimum Gasteiger partial charge on any atom is -0.477 e. The summed E-state index contributed by atoms with van der Waals surface area (Å²) >= 11 is 0. The SMILES string of the molecule is CCCC(=O)N1CCN(c2ccc3c(=O)c(C(=O)O)cn(C4CC4)c3c2)CC1. The van der Waals surface area contributed by atoms with Gasteiger partial charge in [0.1, 0.15) is 5.56 Å². The van der Waals surface area contributed by atoms with Crippen LogP contribution in [0.5, 0.6) is 0 Å². The van der Waals surface area contributed by atoms with Crippen LogP contribution in [0.3, 0.4) is 0 Å². The third-order valence-corrected chi connectivity index (χ3v) is 5.65. The number of rotatable bonds is 5. The second-order valence-electron chi connectivity index (χ2n) is 7.63. The highest BCUT2D eigenvalue weighted by atomic mass is 16.4. The Morgan fingerprint density at radius 1 is 1.14 bits per heavy atom. The van der Waals surface area contributed by atoms with Crippen LogP contribution in [-0.4, -0.2) is 52.6 Å². The van der Waals surface area contributed by atoms with Gasteiger partial charge in [0.25, 0.3) is 0 Å². The summed E-state index contributed by atoms with van der Waals surface area (Å²) in [7, 11) is 0. The van der Waals surface area contributed by atoms with E-state index in [2.05, 4.69) is 4.90 Å². The Hall–Kier alpha value is -2.83. The molecule has 1 aliphatic heterocycles. The zero-order chi connectivity index (χ0) is 19.8. The number of aromatic nitrogens is 1. The first-order valence-corrected chi connectivity index (χ1v) is 9.94. The van der Waals surface area contributed by atoms with Gasteiger partial charge in [-0.15, -0.1) is 0 Å². The van der Waals surface area contributed by atoms with Crippen molar-refractivity contribution in [1.82, 2.24) is 9.47 Å². The number of fused-ring (bicyclic) bond motifs is 1. The summed E-state index contributed by atoms with van der Waals surface area (Å²) in [6.45, 7) is 4.91. The monoisotopic (exact) mass is 383 g/mol. The number of nitrogens with zero attached hydrogens (tertiary/aromatic N) is 3. The highest BCUT2D eigenvalue weighted by Gasteiger charge is 2.27. The molecule has 2 heterocycles. The summed E-state index contributed by atoms with van der Waals surface area (Å²) in [5, 5.41) is 9.82. The molecule has 2 aliphatic rings. The number of carbonyl (C=O) groups excluding carboxylic acids is 1. The average Bonchev–Trinajstić information content (AvgIpc) is 3.53. The van der Waals surface area contributed by atoms with E-state index in [1.165, 1.54) is 6.20 Å². The van der Waals surface area contributed by atoms with Gasteiger partial charge in [0.2, 0.25) is 11.3 Å². The lowest BCUT2D eigenvalue weighted by Gasteiger charge is -2.36. The Morgan fingerprint density at radius 3 is 2.46 bits per heavy atom. The van der Waals surface area contributed by atoms with Crippen molar-refractivity contribution in [3.8, 4) is 0 Å². The van der Waals surface area contributed by atoms with Gasteiger partial charge in [-0.2, -0.15) is 0 Å². The van der Waals surface area contributed by atoms with Crippen LogP contribution in [0, 0.1) is 0 Å². The van der Waals surface area contributed by atoms with Crippen molar-refractivity contribution in [1.29, 1.82) is 0 Å². The maximum Gasteiger partial charge on any atom is 0.341 e. The van der Waals surface area contributed by atoms with Gasteiger partial charge in [0.15, 0.2) is 0 Å². The van der Waals surface area contributed by atoms with Gasteiger partial charge in [-0.3, -0.25) is 9.59 Å². The number of aromatic carboxylic acids is 1. The molecule has 0 spiro atoms. The maximum absolute atomic E-state index is 12.6. The molecule has 1 amide bonds. The number of pyridine rings is 1. The zero-order valence-electron chi connectivity index (χ0n) is 16.1. The largest absolute Gasteiger partial charge is 0.477 e. The molecule has 28 heavy (non-hydrogen) atoms. The van der Waals surface area contributed by atoms with Gasteiger partial charge >= 0.3 is 5.97 Å². The quantitative estimate of drug-likeness (QED) is 0.858. The number of benzene rings is 1. The van der Waals surface area contributed by atoms with Gasteiger partial charge in [-0.05, 0) is 37.5 Å². The normalized spacial score (nSPS) is 17.2. The van der Waals surface area contributed by atoms with Crippen LogP contribution >= 0.6 is 0 Å². The van der Waals surface area contributed by atoms with E-state index < -0.39 is 11.4 Å². The van der Waals surface area contributed by atoms with Crippen LogP contribution in [0.1, 0.15) is 49.0 Å². The molecule has 1 saturated carbocycles. The fraction of sp³-hybridized carbons (Fsp3) is 0.476. The molecule has 2 aromatic rings. The Morgan fingerprint density at radius 2 is 1.86 bits per heavy atom. The first kappa shape index (κ1) is 18.5. The summed E-state index contributed by atoms with van der Waals surface area (Å²) in [5.41, 5.74) is 1.20. The van der Waals surface area contributed by atoms with Crippen LogP contribution in [0.2, 0.25) is 0 Å². The highest BCUT2D eigenvalue weighted by molar-refractivity contribution is 5.93. The van der Waals surface area contributed by atoms with E-state index in [0.29, 0.717) is 24.9 Å². The fourth-order valence-electron chi connectivity index (χ4n) is 3.93. The molecule has 1 aromatic carbocycles. The molecular formula is C21H25N3O4. The Kier molecular flexibility index (Phi) is 4.83. The molecule has 7 heteroatoms. The summed E-state index contributed by atoms with van der Waals surface area (Å²) in [6, 6.07) is 5.88. The van der Waals surface area contributed by atoms with Crippen molar-refractivity contribution in [2.75, 3.05) is 31.1 Å². The van der Waals surface area contributed by atoms with E-state index in [1.54, 1.807) is 6.07 Å². The van der Waals surface area contributed by atoms with Gasteiger partial charge < -0.3 is 19.5 Å². The number of hydrogen-bond donors (Lipinski definition) is 1. The van der Waals surface area contributed by atoms with Crippen LogP contribution in [0.4, 0.5) is 5.69 Å². The van der Waals surface area contributed by atoms with Gasteiger partial charge in [-0.1, -0.05) is 6.92 Å². The number of hydrogen-bond acceptors (Lipinski definition) is 4. The molecule has 7 nitrogen and oxygen atoms in total. The Labute approximate surface area is 163 Å². The zero-order valence-corrected chi connectivity index (χ0v) is 16.1. The minimum atomic E-state index is -1.18. The van der Waals surface area contributed by atoms with Crippen LogP contribution in [-0.2, 0) is 4.79 Å². The number of carbonyl (C=O) groups is 2. The van der Waals surface area contributed by atoms with E-state index in [-0.39, 0.29) is 17.5 Å². The Balaban J connectivity index is 1.64. The molecule has 1 aromatic heterocycles. The molecular weight excluding hydrogens is 358 g/mol. The molecule has 4 rings (SSSR count). The second kappa shape index (κ2) is 7.30. The summed E-state index contributed by atoms with van der Waals surface area (Å²) in [4.78, 5) is 40.3. The van der Waals surface area contributed by atoms with Crippen molar-refractivity contribution in [3.63, 3.8) is 0 Å². The van der Waals surface area contributed by atoms with Crippen molar-refractivity contribution in [3.05, 3.63) is 40.2 Å². The molecule has 0 radical (unpaired) electrons. The first-order chi connectivity index (χ1) is 13.5. The van der Waals surface area contributed by atoms with Gasteiger partial charge in [0.05, 0.1) is 5.52 Å². The molecule has 0 unspecified atom stereocenters. The van der Waals surface area contributed by atoms with Crippen LogP contribution < -0.4 is 10.3 Å². The van der Waals surface area contributed by atoms with E-state index in [1.807, 2.05) is 28.5 Å². The predicted octanol–water partition coefficient (Wildman–Crippen LogP) is 2.48. The summed E-state index contributed by atoms with van der Waals surface area (Å²) < 4.78 is 1.95. The maximum atomic E-state index is 12.6. The predicted molar refractivity (Wildman–Crippen MR) is 107 cm³/mol. The summed E-state index contributed by atoms with van der Waals surface area (Å²) in [5.74, 6) is -0.970. The summed E-state index contributed by atoms with van der Waals surface area (Å²) in [6.07, 6.45) is 4.95. The molecule has 1 aliphatic carbocycles. The molecule has 1 saturated heterocycles. The Bertz CT molecular complexity index is 985. The fourth-order valence-corrected chi connectivity index (χ4v) is 3.93. The van der Waals surface area contributed by atoms with Crippen molar-refractivity contribution < 1.29 is 14.7 Å². The van der Waals surface area contributed by atoms with Crippen LogP contribution in [0.15, 0.2) is 29.2 Å². The van der Waals surface area contributed by atoms with Crippen molar-refractivity contribution in [2.24, 2.45) is 0 Å². The standard InChI is InChI=1S/C21H25N3O4/c1-2-3-19(25)23-10-8-22(9-11-23)15-6-7-16-18(12-15)24(14-4-5-14)13-17(20(16)26)21(27)28/h6-7,12-14H,2-5,8-11H2,1H3,(H,27,28). The number of carboxylic acid groups (broad SMARTS) is 1. The van der Waals surface area contributed by atoms with Gasteiger partial charge in [0, 0.05) is 55.9 Å². The number of anilines is 1. The average molecular weight is 383 g/mol. The lowest BCUT2D eigenvalue weighted by molar-refractivity contribution is -0.131. The highest BCUT2D eigenvalue weighted by Crippen LogP contribution is 2.37. The molecule has 2 fully saturated rings. The minimum absolute atomic E-state index is 0.171. The second-order valence-corrected chi connectivity index (χ2v) is 7.63. The number of carboxylic acids is 1. The number of amides is 1. The van der Waals surface area contributed by atoms with Crippen LogP contribution in [0.25, 0.3) is 10.9 Å². The molecule has 148 valence electrons. The third-order valence-electron chi connectivity index (χ3n) is 5.65.